The van der Waals surface area contributed by atoms with Crippen molar-refractivity contribution in [2.24, 2.45) is 5.11 Å². The number of amides is 1. The van der Waals surface area contributed by atoms with Crippen molar-refractivity contribution in [3.63, 3.8) is 0 Å². The lowest BCUT2D eigenvalue weighted by molar-refractivity contribution is 0.142. The second-order valence-corrected chi connectivity index (χ2v) is 4.27. The van der Waals surface area contributed by atoms with Crippen molar-refractivity contribution in [3.05, 3.63) is 40.3 Å². The molecule has 1 aromatic carbocycles. The molecule has 1 saturated heterocycles. The Morgan fingerprint density at radius 3 is 2.63 bits per heavy atom. The van der Waals surface area contributed by atoms with E-state index in [0.29, 0.717) is 32.7 Å². The van der Waals surface area contributed by atoms with Crippen LogP contribution in [0.1, 0.15) is 5.56 Å². The van der Waals surface area contributed by atoms with Crippen molar-refractivity contribution < 1.29 is 9.90 Å². The van der Waals surface area contributed by atoms with Gasteiger partial charge in [0.15, 0.2) is 0 Å². The zero-order chi connectivity index (χ0) is 13.7. The Hall–Kier alpha value is -2.40. The van der Waals surface area contributed by atoms with Crippen molar-refractivity contribution in [3.8, 4) is 0 Å². The van der Waals surface area contributed by atoms with E-state index in [0.717, 1.165) is 11.3 Å². The van der Waals surface area contributed by atoms with Gasteiger partial charge in [-0.25, -0.2) is 4.79 Å². The number of rotatable bonds is 3. The first-order chi connectivity index (χ1) is 9.22. The number of anilines is 1. The van der Waals surface area contributed by atoms with Gasteiger partial charge in [-0.1, -0.05) is 23.3 Å². The number of carboxylic acid groups (broad SMARTS) is 1. The molecule has 0 unspecified atom stereocenters. The van der Waals surface area contributed by atoms with Crippen molar-refractivity contribution in [1.82, 2.24) is 4.90 Å². The molecule has 0 bridgehead atoms. The van der Waals surface area contributed by atoms with Crippen LogP contribution in [-0.4, -0.2) is 42.3 Å². The summed E-state index contributed by atoms with van der Waals surface area (Å²) >= 11 is 0. The Bertz CT molecular complexity index is 505. The van der Waals surface area contributed by atoms with Crippen LogP contribution in [0.15, 0.2) is 29.4 Å². The number of nitrogens with zero attached hydrogens (tertiary/aromatic N) is 5. The average molecular weight is 261 g/mol. The molecule has 0 saturated carbocycles. The maximum Gasteiger partial charge on any atom is 0.407 e. The van der Waals surface area contributed by atoms with Gasteiger partial charge in [0, 0.05) is 36.8 Å². The Labute approximate surface area is 110 Å². The molecule has 0 aliphatic carbocycles. The predicted octanol–water partition coefficient (Wildman–Crippen LogP) is 2.30. The standard InChI is InChI=1S/C12H15N5O2/c13-15-14-9-10-3-1-2-4-11(10)16-5-7-17(8-6-16)12(18)19/h1-4H,5-9H2,(H,18,19). The molecule has 0 radical (unpaired) electrons. The topological polar surface area (TPSA) is 92.5 Å². The van der Waals surface area contributed by atoms with Crippen molar-refractivity contribution in [2.45, 2.75) is 6.54 Å². The Balaban J connectivity index is 2.10. The number of azide groups is 1. The molecular weight excluding hydrogens is 246 g/mol. The van der Waals surface area contributed by atoms with E-state index >= 15 is 0 Å². The summed E-state index contributed by atoms with van der Waals surface area (Å²) in [6.45, 7) is 2.60. The van der Waals surface area contributed by atoms with Crippen LogP contribution in [-0.2, 0) is 6.54 Å². The van der Waals surface area contributed by atoms with Crippen LogP contribution in [0.25, 0.3) is 10.4 Å². The molecule has 7 heteroatoms. The molecular formula is C12H15N5O2. The van der Waals surface area contributed by atoms with Crippen molar-refractivity contribution >= 4 is 11.8 Å². The molecule has 1 fully saturated rings. The summed E-state index contributed by atoms with van der Waals surface area (Å²) in [5.41, 5.74) is 10.4. The summed E-state index contributed by atoms with van der Waals surface area (Å²) in [5.74, 6) is 0. The highest BCUT2D eigenvalue weighted by Gasteiger charge is 2.21. The van der Waals surface area contributed by atoms with Gasteiger partial charge in [0.05, 0.1) is 6.54 Å². The van der Waals surface area contributed by atoms with Gasteiger partial charge in [-0.05, 0) is 17.2 Å². The molecule has 0 spiro atoms. The summed E-state index contributed by atoms with van der Waals surface area (Å²) in [6.07, 6.45) is -0.873. The Kier molecular flexibility index (Phi) is 4.10. The summed E-state index contributed by atoms with van der Waals surface area (Å²) in [7, 11) is 0. The number of piperazine rings is 1. The SMILES string of the molecule is [N-]=[N+]=NCc1ccccc1N1CCN(C(=O)O)CC1. The maximum atomic E-state index is 10.9. The van der Waals surface area contributed by atoms with E-state index in [1.807, 2.05) is 24.3 Å². The van der Waals surface area contributed by atoms with Gasteiger partial charge >= 0.3 is 6.09 Å². The fourth-order valence-corrected chi connectivity index (χ4v) is 2.20. The molecule has 19 heavy (non-hydrogen) atoms. The molecule has 1 aliphatic rings. The third-order valence-corrected chi connectivity index (χ3v) is 3.19. The van der Waals surface area contributed by atoms with Gasteiger partial charge in [0.2, 0.25) is 0 Å². The van der Waals surface area contributed by atoms with Crippen LogP contribution >= 0.6 is 0 Å². The zero-order valence-corrected chi connectivity index (χ0v) is 10.4. The van der Waals surface area contributed by atoms with E-state index in [1.54, 1.807) is 0 Å². The summed E-state index contributed by atoms with van der Waals surface area (Å²) < 4.78 is 0. The van der Waals surface area contributed by atoms with E-state index < -0.39 is 6.09 Å². The van der Waals surface area contributed by atoms with Crippen LogP contribution in [0.2, 0.25) is 0 Å². The largest absolute Gasteiger partial charge is 0.465 e. The third kappa shape index (κ3) is 3.08. The molecule has 1 aromatic rings. The number of hydrogen-bond donors (Lipinski definition) is 1. The highest BCUT2D eigenvalue weighted by molar-refractivity contribution is 5.65. The molecule has 0 atom stereocenters. The van der Waals surface area contributed by atoms with Crippen LogP contribution in [0.5, 0.6) is 0 Å². The molecule has 0 aromatic heterocycles. The van der Waals surface area contributed by atoms with Gasteiger partial charge in [-0.2, -0.15) is 0 Å². The predicted molar refractivity (Wildman–Crippen MR) is 71.1 cm³/mol. The average Bonchev–Trinajstić information content (AvgIpc) is 2.45. The maximum absolute atomic E-state index is 10.9. The zero-order valence-electron chi connectivity index (χ0n) is 10.4. The first kappa shape index (κ1) is 13.0. The molecule has 1 amide bonds. The third-order valence-electron chi connectivity index (χ3n) is 3.19. The lowest BCUT2D eigenvalue weighted by Gasteiger charge is -2.35. The van der Waals surface area contributed by atoms with E-state index in [-0.39, 0.29) is 0 Å². The molecule has 2 rings (SSSR count). The minimum atomic E-state index is -0.873. The quantitative estimate of drug-likeness (QED) is 0.514. The minimum Gasteiger partial charge on any atom is -0.465 e. The van der Waals surface area contributed by atoms with E-state index in [2.05, 4.69) is 14.9 Å². The molecule has 1 heterocycles. The van der Waals surface area contributed by atoms with Crippen LogP contribution in [0.4, 0.5) is 10.5 Å². The molecule has 100 valence electrons. The fourth-order valence-electron chi connectivity index (χ4n) is 2.20. The van der Waals surface area contributed by atoms with E-state index in [1.165, 1.54) is 4.90 Å². The van der Waals surface area contributed by atoms with Crippen LogP contribution in [0, 0.1) is 0 Å². The number of benzene rings is 1. The van der Waals surface area contributed by atoms with E-state index in [9.17, 15) is 4.79 Å². The minimum absolute atomic E-state index is 0.311. The fraction of sp³-hybridized carbons (Fsp3) is 0.417. The first-order valence-electron chi connectivity index (χ1n) is 6.04. The Morgan fingerprint density at radius 1 is 1.32 bits per heavy atom. The summed E-state index contributed by atoms with van der Waals surface area (Å²) in [5, 5.41) is 12.5. The van der Waals surface area contributed by atoms with Crippen LogP contribution < -0.4 is 4.90 Å². The lowest BCUT2D eigenvalue weighted by Crippen LogP contribution is -2.48. The summed E-state index contributed by atoms with van der Waals surface area (Å²) in [4.78, 5) is 17.2. The number of para-hydroxylation sites is 1. The second-order valence-electron chi connectivity index (χ2n) is 4.27. The molecule has 1 N–H and O–H groups in total. The van der Waals surface area contributed by atoms with Gasteiger partial charge < -0.3 is 14.9 Å². The second kappa shape index (κ2) is 5.97. The highest BCUT2D eigenvalue weighted by Crippen LogP contribution is 2.22. The van der Waals surface area contributed by atoms with Gasteiger partial charge in [-0.15, -0.1) is 0 Å². The van der Waals surface area contributed by atoms with Crippen molar-refractivity contribution in [2.75, 3.05) is 31.1 Å². The molecule has 1 aliphatic heterocycles. The van der Waals surface area contributed by atoms with Crippen LogP contribution in [0.3, 0.4) is 0 Å². The lowest BCUT2D eigenvalue weighted by atomic mass is 10.1. The smallest absolute Gasteiger partial charge is 0.407 e. The van der Waals surface area contributed by atoms with Gasteiger partial charge in [0.25, 0.3) is 0 Å². The Morgan fingerprint density at radius 2 is 2.00 bits per heavy atom. The highest BCUT2D eigenvalue weighted by atomic mass is 16.4. The number of hydrogen-bond acceptors (Lipinski definition) is 3. The molecule has 7 nitrogen and oxygen atoms in total. The first-order valence-corrected chi connectivity index (χ1v) is 6.04. The van der Waals surface area contributed by atoms with Gasteiger partial charge in [-0.3, -0.25) is 0 Å². The van der Waals surface area contributed by atoms with E-state index in [4.69, 9.17) is 10.6 Å². The van der Waals surface area contributed by atoms with Gasteiger partial charge in [0.1, 0.15) is 0 Å². The number of carbonyl (C=O) groups is 1. The normalized spacial score (nSPS) is 14.9. The van der Waals surface area contributed by atoms with Crippen molar-refractivity contribution in [1.29, 1.82) is 0 Å². The monoisotopic (exact) mass is 261 g/mol. The summed E-state index contributed by atoms with van der Waals surface area (Å²) in [6, 6.07) is 7.73.